The fourth-order valence-corrected chi connectivity index (χ4v) is 6.33. The summed E-state index contributed by atoms with van der Waals surface area (Å²) in [5, 5.41) is 18.4. The molecular formula is C29H27Cl2FN4O7. The van der Waals surface area contributed by atoms with E-state index >= 15 is 4.39 Å². The molecule has 4 atom stereocenters. The second-order valence-electron chi connectivity index (χ2n) is 9.83. The summed E-state index contributed by atoms with van der Waals surface area (Å²) < 4.78 is 25.5. The number of ketones is 1. The van der Waals surface area contributed by atoms with Crippen LogP contribution in [0.2, 0.25) is 10.0 Å². The van der Waals surface area contributed by atoms with Crippen molar-refractivity contribution in [1.29, 1.82) is 0 Å². The predicted octanol–water partition coefficient (Wildman–Crippen LogP) is 4.97. The Morgan fingerprint density at radius 2 is 1.84 bits per heavy atom. The highest BCUT2D eigenvalue weighted by Crippen LogP contribution is 2.54. The van der Waals surface area contributed by atoms with Gasteiger partial charge in [-0.05, 0) is 30.3 Å². The number of esters is 1. The van der Waals surface area contributed by atoms with Crippen LogP contribution in [-0.2, 0) is 15.1 Å². The van der Waals surface area contributed by atoms with Crippen molar-refractivity contribution < 1.29 is 33.2 Å². The summed E-state index contributed by atoms with van der Waals surface area (Å²) in [5.41, 5.74) is 4.46. The average Bonchev–Trinajstić information content (AvgIpc) is 3.42. The Balaban J connectivity index is 0.00000423. The Kier molecular flexibility index (Phi) is 8.68. The Morgan fingerprint density at radius 3 is 2.49 bits per heavy atom. The molecule has 0 aromatic heterocycles. The summed E-state index contributed by atoms with van der Waals surface area (Å²) in [7, 11) is 2.42. The summed E-state index contributed by atoms with van der Waals surface area (Å²) in [6, 6.07) is 8.16. The second-order valence-corrected chi connectivity index (χ2v) is 10.7. The first kappa shape index (κ1) is 31.7. The minimum absolute atomic E-state index is 0. The molecule has 1 fully saturated rings. The summed E-state index contributed by atoms with van der Waals surface area (Å²) in [4.78, 5) is 51.5. The van der Waals surface area contributed by atoms with E-state index < -0.39 is 58.4 Å². The molecule has 14 heteroatoms. The molecule has 1 saturated heterocycles. The molecule has 2 heterocycles. The topological polar surface area (TPSA) is 163 Å². The first-order valence-electron chi connectivity index (χ1n) is 12.5. The maximum absolute atomic E-state index is 15.5. The van der Waals surface area contributed by atoms with E-state index in [-0.39, 0.29) is 46.3 Å². The van der Waals surface area contributed by atoms with Gasteiger partial charge in [0.2, 0.25) is 11.9 Å². The van der Waals surface area contributed by atoms with E-state index in [0.717, 1.165) is 0 Å². The third kappa shape index (κ3) is 4.94. The van der Waals surface area contributed by atoms with Crippen molar-refractivity contribution in [2.45, 2.75) is 37.4 Å². The van der Waals surface area contributed by atoms with Gasteiger partial charge >= 0.3 is 5.97 Å². The van der Waals surface area contributed by atoms with Gasteiger partial charge in [-0.25, -0.2) is 9.18 Å². The van der Waals surface area contributed by atoms with Gasteiger partial charge in [0.05, 0.1) is 36.9 Å². The van der Waals surface area contributed by atoms with Crippen LogP contribution in [0.15, 0.2) is 48.5 Å². The lowest BCUT2D eigenvalue weighted by Crippen LogP contribution is -2.49. The lowest BCUT2D eigenvalue weighted by molar-refractivity contribution is -0.526. The molecule has 5 rings (SSSR count). The fraction of sp³-hybridized carbons (Fsp3) is 0.276. The van der Waals surface area contributed by atoms with E-state index in [1.165, 1.54) is 62.8 Å². The van der Waals surface area contributed by atoms with Crippen molar-refractivity contribution in [2.24, 2.45) is 0 Å². The fourth-order valence-electron chi connectivity index (χ4n) is 5.98. The number of methoxy groups -OCH3 is 2. The van der Waals surface area contributed by atoms with Crippen LogP contribution in [0.5, 0.6) is 5.75 Å². The first-order chi connectivity index (χ1) is 20.0. The van der Waals surface area contributed by atoms with Gasteiger partial charge in [0.15, 0.2) is 11.5 Å². The van der Waals surface area contributed by atoms with E-state index in [1.807, 2.05) is 0 Å². The van der Waals surface area contributed by atoms with E-state index in [2.05, 4.69) is 10.6 Å². The van der Waals surface area contributed by atoms with Gasteiger partial charge in [0.1, 0.15) is 16.9 Å². The molecular weight excluding hydrogens is 606 g/mol. The van der Waals surface area contributed by atoms with Crippen molar-refractivity contribution in [3.8, 4) is 5.75 Å². The summed E-state index contributed by atoms with van der Waals surface area (Å²) >= 11 is 12.2. The quantitative estimate of drug-likeness (QED) is 0.107. The van der Waals surface area contributed by atoms with Gasteiger partial charge < -0.3 is 20.5 Å². The van der Waals surface area contributed by atoms with E-state index in [0.29, 0.717) is 10.6 Å². The zero-order valence-electron chi connectivity index (χ0n) is 22.1. The second kappa shape index (κ2) is 11.8. The van der Waals surface area contributed by atoms with Gasteiger partial charge in [-0.15, -0.1) is 0 Å². The standard InChI is InChI=1S/C28H23Cl2FN4O7.CH4/c1-41-25-15(26(37)42-2)8-7-13(23(25)32)20(36)11-19-24(35(39)40)21(14-4-3-5-17(30)22(14)31)28(34-19)16-9-6-12(29)10-18(16)33-27(28)38;/h3-10,19,21,24,34H,11,32H2,1-2H3,(H,33,38);1H4/t19-,21-,24?,28+;/m0./s1. The lowest BCUT2D eigenvalue weighted by atomic mass is 9.74. The van der Waals surface area contributed by atoms with Crippen LogP contribution < -0.4 is 21.1 Å². The molecule has 1 spiro atoms. The summed E-state index contributed by atoms with van der Waals surface area (Å²) in [6.45, 7) is 0. The molecule has 1 amide bonds. The first-order valence-corrected chi connectivity index (χ1v) is 13.3. The number of benzene rings is 3. The molecule has 3 aromatic carbocycles. The van der Waals surface area contributed by atoms with Crippen LogP contribution in [0.3, 0.4) is 0 Å². The number of rotatable bonds is 7. The number of Topliss-reactive ketones (excluding diaryl/α,β-unsaturated/α-hetero) is 1. The molecule has 4 N–H and O–H groups in total. The number of ether oxygens (including phenoxy) is 2. The smallest absolute Gasteiger partial charge is 0.341 e. The number of halogens is 3. The Hall–Kier alpha value is -4.26. The molecule has 3 aromatic rings. The minimum atomic E-state index is -1.86. The average molecular weight is 633 g/mol. The van der Waals surface area contributed by atoms with Crippen molar-refractivity contribution in [3.63, 3.8) is 0 Å². The Morgan fingerprint density at radius 1 is 1.14 bits per heavy atom. The highest BCUT2D eigenvalue weighted by molar-refractivity contribution is 6.31. The third-order valence-corrected chi connectivity index (χ3v) is 8.24. The molecule has 0 aliphatic carbocycles. The molecule has 0 saturated carbocycles. The van der Waals surface area contributed by atoms with Gasteiger partial charge in [0, 0.05) is 38.7 Å². The molecule has 226 valence electrons. The number of fused-ring (bicyclic) bond motifs is 2. The number of nitrogen functional groups attached to an aromatic ring is 1. The number of hydrogen-bond donors (Lipinski definition) is 3. The number of amides is 1. The van der Waals surface area contributed by atoms with E-state index in [1.54, 1.807) is 0 Å². The Bertz CT molecular complexity index is 1670. The third-order valence-electron chi connectivity index (χ3n) is 7.72. The van der Waals surface area contributed by atoms with Crippen LogP contribution in [0.25, 0.3) is 0 Å². The van der Waals surface area contributed by atoms with Crippen molar-refractivity contribution in [1.82, 2.24) is 5.32 Å². The maximum atomic E-state index is 15.5. The molecule has 0 radical (unpaired) electrons. The summed E-state index contributed by atoms with van der Waals surface area (Å²) in [6.07, 6.45) is -0.521. The van der Waals surface area contributed by atoms with Crippen molar-refractivity contribution in [3.05, 3.63) is 96.8 Å². The van der Waals surface area contributed by atoms with E-state index in [4.69, 9.17) is 38.4 Å². The molecule has 11 nitrogen and oxygen atoms in total. The molecule has 1 unspecified atom stereocenters. The number of carbonyl (C=O) groups is 3. The Labute approximate surface area is 255 Å². The largest absolute Gasteiger partial charge is 0.494 e. The van der Waals surface area contributed by atoms with Crippen LogP contribution in [-0.4, -0.2) is 48.9 Å². The maximum Gasteiger partial charge on any atom is 0.341 e. The molecule has 0 bridgehead atoms. The zero-order chi connectivity index (χ0) is 30.5. The number of anilines is 2. The van der Waals surface area contributed by atoms with Crippen LogP contribution in [0, 0.1) is 15.9 Å². The van der Waals surface area contributed by atoms with Crippen molar-refractivity contribution in [2.75, 3.05) is 25.3 Å². The minimum Gasteiger partial charge on any atom is -0.494 e. The monoisotopic (exact) mass is 632 g/mol. The van der Waals surface area contributed by atoms with E-state index in [9.17, 15) is 24.5 Å². The van der Waals surface area contributed by atoms with Crippen LogP contribution >= 0.6 is 23.2 Å². The normalized spacial score (nSPS) is 22.0. The van der Waals surface area contributed by atoms with Gasteiger partial charge in [-0.2, -0.15) is 0 Å². The number of nitro groups is 1. The molecule has 2 aliphatic rings. The van der Waals surface area contributed by atoms with Crippen molar-refractivity contribution >= 4 is 52.2 Å². The van der Waals surface area contributed by atoms with Crippen LogP contribution in [0.4, 0.5) is 15.8 Å². The molecule has 43 heavy (non-hydrogen) atoms. The number of hydrogen-bond acceptors (Lipinski definition) is 9. The number of nitrogens with one attached hydrogen (secondary N) is 2. The lowest BCUT2D eigenvalue weighted by Gasteiger charge is -2.30. The SMILES string of the molecule is C.COC(=O)c1ccc(C(=O)C[C@@H]2N[C@@]3(C(=O)Nc4cc(Cl)ccc43)[C@@H](c3cccc(Cl)c3F)C2[N+](=O)[O-])c(N)c1OC. The summed E-state index contributed by atoms with van der Waals surface area (Å²) in [5.74, 6) is -4.54. The van der Waals surface area contributed by atoms with Gasteiger partial charge in [-0.1, -0.05) is 48.8 Å². The predicted molar refractivity (Wildman–Crippen MR) is 158 cm³/mol. The number of carbonyl (C=O) groups excluding carboxylic acids is 3. The van der Waals surface area contributed by atoms with Gasteiger partial charge in [0.25, 0.3) is 0 Å². The highest BCUT2D eigenvalue weighted by atomic mass is 35.5. The zero-order valence-corrected chi connectivity index (χ0v) is 23.6. The highest BCUT2D eigenvalue weighted by Gasteiger charge is 2.67. The van der Waals surface area contributed by atoms with Gasteiger partial charge in [-0.3, -0.25) is 25.0 Å². The number of nitrogens with two attached hydrogens (primary N) is 1. The number of nitrogens with zero attached hydrogens (tertiary/aromatic N) is 1. The molecule has 2 aliphatic heterocycles. The van der Waals surface area contributed by atoms with Crippen LogP contribution in [0.1, 0.15) is 51.6 Å².